The molecule has 0 heterocycles. The normalized spacial score (nSPS) is 12.8. The predicted octanol–water partition coefficient (Wildman–Crippen LogP) is 2.67. The average molecular weight is 384 g/mol. The van der Waals surface area contributed by atoms with Crippen LogP contribution in [0.15, 0.2) is 53.4 Å². The molecule has 1 atom stereocenters. The minimum atomic E-state index is -3.97. The molecule has 0 fully saturated rings. The number of sulfonamides is 1. The van der Waals surface area contributed by atoms with E-state index in [9.17, 15) is 18.3 Å². The Bertz CT molecular complexity index is 852. The zero-order valence-electron chi connectivity index (χ0n) is 13.7. The van der Waals surface area contributed by atoms with Gasteiger partial charge in [-0.1, -0.05) is 23.7 Å². The second kappa shape index (κ2) is 7.86. The molecule has 8 heteroatoms. The molecule has 2 aromatic rings. The number of aliphatic carboxylic acids is 1. The monoisotopic (exact) mass is 383 g/mol. The predicted molar refractivity (Wildman–Crippen MR) is 94.5 cm³/mol. The summed E-state index contributed by atoms with van der Waals surface area (Å²) in [5, 5.41) is 9.92. The zero-order valence-corrected chi connectivity index (χ0v) is 15.3. The first-order valence-electron chi connectivity index (χ1n) is 7.35. The maximum atomic E-state index is 12.7. The molecule has 2 rings (SSSR count). The molecule has 0 aromatic heterocycles. The molecular weight excluding hydrogens is 366 g/mol. The van der Waals surface area contributed by atoms with Gasteiger partial charge in [0.05, 0.1) is 12.0 Å². The van der Waals surface area contributed by atoms with E-state index in [-0.39, 0.29) is 11.3 Å². The fraction of sp³-hybridized carbons (Fsp3) is 0.235. The van der Waals surface area contributed by atoms with E-state index >= 15 is 0 Å². The highest BCUT2D eigenvalue weighted by molar-refractivity contribution is 7.89. The van der Waals surface area contributed by atoms with Crippen molar-refractivity contribution < 1.29 is 23.1 Å². The molecule has 25 heavy (non-hydrogen) atoms. The largest absolute Gasteiger partial charge is 0.497 e. The van der Waals surface area contributed by atoms with Gasteiger partial charge in [0.1, 0.15) is 11.8 Å². The Morgan fingerprint density at radius 2 is 1.88 bits per heavy atom. The maximum Gasteiger partial charge on any atom is 0.322 e. The molecule has 134 valence electrons. The standard InChI is InChI=1S/C17H18ClNO5S/c1-19(25(22,23)15-8-6-13(18)7-9-15)16(17(20)21)11-12-4-3-5-14(10-12)24-2/h3-10,16H,11H2,1-2H3,(H,20,21). The van der Waals surface area contributed by atoms with Gasteiger partial charge in [0.25, 0.3) is 0 Å². The maximum absolute atomic E-state index is 12.7. The fourth-order valence-electron chi connectivity index (χ4n) is 2.33. The van der Waals surface area contributed by atoms with Crippen molar-refractivity contribution in [3.8, 4) is 5.75 Å². The van der Waals surface area contributed by atoms with Crippen LogP contribution in [0, 0.1) is 0 Å². The summed E-state index contributed by atoms with van der Waals surface area (Å²) in [4.78, 5) is 11.7. The van der Waals surface area contributed by atoms with Crippen molar-refractivity contribution >= 4 is 27.6 Å². The number of methoxy groups -OCH3 is 1. The number of likely N-dealkylation sites (N-methyl/N-ethyl adjacent to an activating group) is 1. The number of carbonyl (C=O) groups is 1. The van der Waals surface area contributed by atoms with Crippen LogP contribution in [0.2, 0.25) is 5.02 Å². The number of rotatable bonds is 7. The SMILES string of the molecule is COc1cccc(CC(C(=O)O)N(C)S(=O)(=O)c2ccc(Cl)cc2)c1. The molecule has 0 saturated carbocycles. The van der Waals surface area contributed by atoms with Crippen LogP contribution in [0.1, 0.15) is 5.56 Å². The van der Waals surface area contributed by atoms with E-state index in [2.05, 4.69) is 0 Å². The summed E-state index contributed by atoms with van der Waals surface area (Å²) in [6, 6.07) is 11.2. The van der Waals surface area contributed by atoms with Crippen LogP contribution in [0.3, 0.4) is 0 Å². The van der Waals surface area contributed by atoms with Gasteiger partial charge >= 0.3 is 5.97 Å². The van der Waals surface area contributed by atoms with Gasteiger partial charge in [-0.3, -0.25) is 4.79 Å². The zero-order chi connectivity index (χ0) is 18.6. The number of ether oxygens (including phenoxy) is 1. The molecule has 6 nitrogen and oxygen atoms in total. The van der Waals surface area contributed by atoms with Crippen molar-refractivity contribution in [3.63, 3.8) is 0 Å². The molecule has 2 aromatic carbocycles. The van der Waals surface area contributed by atoms with Gasteiger partial charge in [0, 0.05) is 12.1 Å². The Kier molecular flexibility index (Phi) is 6.05. The van der Waals surface area contributed by atoms with Crippen LogP contribution >= 0.6 is 11.6 Å². The van der Waals surface area contributed by atoms with Crippen molar-refractivity contribution in [2.24, 2.45) is 0 Å². The Morgan fingerprint density at radius 3 is 2.44 bits per heavy atom. The number of carboxylic acid groups (broad SMARTS) is 1. The third-order valence-electron chi connectivity index (χ3n) is 3.78. The number of hydrogen-bond donors (Lipinski definition) is 1. The average Bonchev–Trinajstić information content (AvgIpc) is 2.59. The van der Waals surface area contributed by atoms with Gasteiger partial charge in [-0.25, -0.2) is 8.42 Å². The van der Waals surface area contributed by atoms with Crippen molar-refractivity contribution in [3.05, 3.63) is 59.1 Å². The lowest BCUT2D eigenvalue weighted by Crippen LogP contribution is -2.43. The van der Waals surface area contributed by atoms with Crippen LogP contribution in [0.25, 0.3) is 0 Å². The molecular formula is C17H18ClNO5S. The fourth-order valence-corrected chi connectivity index (χ4v) is 3.77. The summed E-state index contributed by atoms with van der Waals surface area (Å²) in [5.41, 5.74) is 0.657. The van der Waals surface area contributed by atoms with Crippen LogP contribution in [-0.2, 0) is 21.2 Å². The quantitative estimate of drug-likeness (QED) is 0.794. The molecule has 0 radical (unpaired) electrons. The minimum Gasteiger partial charge on any atom is -0.497 e. The van der Waals surface area contributed by atoms with Crippen molar-refractivity contribution in [1.29, 1.82) is 0 Å². The van der Waals surface area contributed by atoms with Gasteiger partial charge in [-0.2, -0.15) is 4.31 Å². The lowest BCUT2D eigenvalue weighted by Gasteiger charge is -2.24. The Balaban J connectivity index is 2.32. The first-order chi connectivity index (χ1) is 11.8. The number of benzene rings is 2. The third kappa shape index (κ3) is 4.50. The summed E-state index contributed by atoms with van der Waals surface area (Å²) in [6.45, 7) is 0. The Morgan fingerprint density at radius 1 is 1.24 bits per heavy atom. The molecule has 1 N–H and O–H groups in total. The van der Waals surface area contributed by atoms with Crippen molar-refractivity contribution in [2.45, 2.75) is 17.4 Å². The van der Waals surface area contributed by atoms with Gasteiger partial charge in [0.2, 0.25) is 10.0 Å². The van der Waals surface area contributed by atoms with Crippen LogP contribution in [0.5, 0.6) is 5.75 Å². The molecule has 0 saturated heterocycles. The van der Waals surface area contributed by atoms with Crippen molar-refractivity contribution in [1.82, 2.24) is 4.31 Å². The van der Waals surface area contributed by atoms with Gasteiger partial charge in [-0.05, 0) is 48.4 Å². The number of nitrogens with zero attached hydrogens (tertiary/aromatic N) is 1. The molecule has 0 amide bonds. The minimum absolute atomic E-state index is 0.00977. The molecule has 0 bridgehead atoms. The Labute approximate surface area is 151 Å². The summed E-state index contributed by atoms with van der Waals surface area (Å²) in [7, 11) is -1.22. The second-order valence-electron chi connectivity index (χ2n) is 5.38. The van der Waals surface area contributed by atoms with E-state index in [4.69, 9.17) is 16.3 Å². The summed E-state index contributed by atoms with van der Waals surface area (Å²) < 4.78 is 31.4. The molecule has 0 aliphatic rings. The molecule has 0 spiro atoms. The highest BCUT2D eigenvalue weighted by atomic mass is 35.5. The highest BCUT2D eigenvalue weighted by Gasteiger charge is 2.33. The van der Waals surface area contributed by atoms with E-state index in [0.717, 1.165) is 4.31 Å². The van der Waals surface area contributed by atoms with Crippen LogP contribution in [-0.4, -0.2) is 44.0 Å². The summed E-state index contributed by atoms with van der Waals surface area (Å²) in [6.07, 6.45) is 0.00977. The third-order valence-corrected chi connectivity index (χ3v) is 5.91. The lowest BCUT2D eigenvalue weighted by molar-refractivity contribution is -0.141. The van der Waals surface area contributed by atoms with Crippen LogP contribution in [0.4, 0.5) is 0 Å². The van der Waals surface area contributed by atoms with Crippen molar-refractivity contribution in [2.75, 3.05) is 14.2 Å². The number of carboxylic acids is 1. The van der Waals surface area contributed by atoms with E-state index in [1.54, 1.807) is 24.3 Å². The number of halogens is 1. The topological polar surface area (TPSA) is 83.9 Å². The molecule has 1 unspecified atom stereocenters. The summed E-state index contributed by atoms with van der Waals surface area (Å²) in [5.74, 6) is -0.660. The van der Waals surface area contributed by atoms with E-state index in [1.165, 1.54) is 38.4 Å². The smallest absolute Gasteiger partial charge is 0.322 e. The van der Waals surface area contributed by atoms with Crippen LogP contribution < -0.4 is 4.74 Å². The first kappa shape index (κ1) is 19.2. The first-order valence-corrected chi connectivity index (χ1v) is 9.17. The lowest BCUT2D eigenvalue weighted by atomic mass is 10.1. The van der Waals surface area contributed by atoms with Gasteiger partial charge in [0.15, 0.2) is 0 Å². The van der Waals surface area contributed by atoms with Gasteiger partial charge in [-0.15, -0.1) is 0 Å². The molecule has 0 aliphatic heterocycles. The van der Waals surface area contributed by atoms with E-state index < -0.39 is 22.0 Å². The molecule has 0 aliphatic carbocycles. The van der Waals surface area contributed by atoms with E-state index in [0.29, 0.717) is 16.3 Å². The second-order valence-corrected chi connectivity index (χ2v) is 7.82. The highest BCUT2D eigenvalue weighted by Crippen LogP contribution is 2.22. The van der Waals surface area contributed by atoms with E-state index in [1.807, 2.05) is 0 Å². The van der Waals surface area contributed by atoms with Gasteiger partial charge < -0.3 is 9.84 Å². The summed E-state index contributed by atoms with van der Waals surface area (Å²) >= 11 is 5.78. The number of hydrogen-bond acceptors (Lipinski definition) is 4. The Hall–Kier alpha value is -2.09.